The van der Waals surface area contributed by atoms with Crippen LogP contribution in [0.4, 0.5) is 0 Å². The van der Waals surface area contributed by atoms with E-state index in [1.165, 1.54) is 16.9 Å². The van der Waals surface area contributed by atoms with E-state index < -0.39 is 0 Å². The first-order valence-electron chi connectivity index (χ1n) is 11.0. The smallest absolute Gasteiger partial charge is 0.220 e. The number of nitrogens with one attached hydrogen (secondary N) is 1. The van der Waals surface area contributed by atoms with Gasteiger partial charge in [-0.1, -0.05) is 24.3 Å². The number of nitrogens with zero attached hydrogens (tertiary/aromatic N) is 1. The topological polar surface area (TPSA) is 41.6 Å². The maximum absolute atomic E-state index is 12.7. The molecule has 1 aliphatic carbocycles. The Morgan fingerprint density at radius 1 is 1.17 bits per heavy atom. The van der Waals surface area contributed by atoms with E-state index in [9.17, 15) is 4.79 Å². The van der Waals surface area contributed by atoms with Gasteiger partial charge in [-0.2, -0.15) is 0 Å². The number of carbonyl (C=O) groups excluding carboxylic acids is 1. The summed E-state index contributed by atoms with van der Waals surface area (Å²) in [6.07, 6.45) is 7.13. The minimum Gasteiger partial charge on any atom is -0.487 e. The number of thiophene rings is 1. The van der Waals surface area contributed by atoms with E-state index >= 15 is 0 Å². The maximum atomic E-state index is 12.7. The van der Waals surface area contributed by atoms with Crippen molar-refractivity contribution in [2.45, 2.75) is 69.1 Å². The summed E-state index contributed by atoms with van der Waals surface area (Å²) in [6, 6.07) is 13.1. The summed E-state index contributed by atoms with van der Waals surface area (Å²) >= 11 is 1.84. The molecule has 1 saturated heterocycles. The summed E-state index contributed by atoms with van der Waals surface area (Å²) in [5.74, 6) is 1.46. The summed E-state index contributed by atoms with van der Waals surface area (Å²) in [6.45, 7) is 3.15. The predicted molar refractivity (Wildman–Crippen MR) is 116 cm³/mol. The molecule has 1 amide bonds. The third-order valence-corrected chi connectivity index (χ3v) is 7.79. The number of hydrogen-bond acceptors (Lipinski definition) is 4. The molecule has 1 unspecified atom stereocenters. The van der Waals surface area contributed by atoms with Crippen LogP contribution in [0.5, 0.6) is 5.75 Å². The maximum Gasteiger partial charge on any atom is 0.220 e. The van der Waals surface area contributed by atoms with Crippen LogP contribution in [0.15, 0.2) is 41.8 Å². The van der Waals surface area contributed by atoms with Crippen LogP contribution in [-0.4, -0.2) is 35.5 Å². The Morgan fingerprint density at radius 3 is 2.72 bits per heavy atom. The molecule has 3 heterocycles. The molecule has 1 spiro atoms. The fraction of sp³-hybridized carbons (Fsp3) is 0.542. The van der Waals surface area contributed by atoms with E-state index in [4.69, 9.17) is 4.74 Å². The third-order valence-electron chi connectivity index (χ3n) is 6.93. The Bertz CT molecular complexity index is 838. The van der Waals surface area contributed by atoms with Crippen molar-refractivity contribution in [3.05, 3.63) is 52.2 Å². The average molecular weight is 411 g/mol. The van der Waals surface area contributed by atoms with Crippen LogP contribution in [0.2, 0.25) is 0 Å². The second kappa shape index (κ2) is 8.11. The highest BCUT2D eigenvalue weighted by atomic mass is 32.1. The van der Waals surface area contributed by atoms with Crippen LogP contribution in [0, 0.1) is 0 Å². The number of likely N-dealkylation sites (tertiary alicyclic amines) is 1. The van der Waals surface area contributed by atoms with Gasteiger partial charge in [0.25, 0.3) is 0 Å². The van der Waals surface area contributed by atoms with Gasteiger partial charge in [-0.3, -0.25) is 9.69 Å². The average Bonchev–Trinajstić information content (AvgIpc) is 3.20. The van der Waals surface area contributed by atoms with Crippen molar-refractivity contribution in [2.24, 2.45) is 0 Å². The molecular formula is C24H30N2O2S. The highest BCUT2D eigenvalue weighted by molar-refractivity contribution is 7.09. The number of carbonyl (C=O) groups is 1. The van der Waals surface area contributed by atoms with Gasteiger partial charge in [-0.25, -0.2) is 0 Å². The number of piperidine rings is 1. The molecule has 0 bridgehead atoms. The Hall–Kier alpha value is -1.85. The van der Waals surface area contributed by atoms with Crippen molar-refractivity contribution in [3.63, 3.8) is 0 Å². The van der Waals surface area contributed by atoms with Crippen molar-refractivity contribution < 1.29 is 9.53 Å². The molecule has 4 nitrogen and oxygen atoms in total. The summed E-state index contributed by atoms with van der Waals surface area (Å²) in [5, 5.41) is 5.38. The van der Waals surface area contributed by atoms with Crippen molar-refractivity contribution in [3.8, 4) is 5.75 Å². The van der Waals surface area contributed by atoms with Crippen LogP contribution in [0.1, 0.15) is 61.3 Å². The van der Waals surface area contributed by atoms with E-state index in [1.54, 1.807) is 0 Å². The van der Waals surface area contributed by atoms with Gasteiger partial charge in [-0.15, -0.1) is 11.3 Å². The molecule has 1 saturated carbocycles. The van der Waals surface area contributed by atoms with Crippen LogP contribution >= 0.6 is 11.3 Å². The van der Waals surface area contributed by atoms with Crippen molar-refractivity contribution in [1.29, 1.82) is 0 Å². The first-order valence-corrected chi connectivity index (χ1v) is 11.9. The van der Waals surface area contributed by atoms with Crippen molar-refractivity contribution >= 4 is 17.2 Å². The van der Waals surface area contributed by atoms with Crippen molar-refractivity contribution in [2.75, 3.05) is 13.1 Å². The quantitative estimate of drug-likeness (QED) is 0.776. The lowest BCUT2D eigenvalue weighted by Crippen LogP contribution is -2.50. The van der Waals surface area contributed by atoms with Crippen LogP contribution in [0.25, 0.3) is 0 Å². The summed E-state index contributed by atoms with van der Waals surface area (Å²) < 4.78 is 6.61. The molecule has 0 radical (unpaired) electrons. The second-order valence-corrected chi connectivity index (χ2v) is 10.0. The minimum absolute atomic E-state index is 0.123. The zero-order chi connectivity index (χ0) is 19.7. The molecule has 29 heavy (non-hydrogen) atoms. The summed E-state index contributed by atoms with van der Waals surface area (Å²) in [5.41, 5.74) is 1.09. The van der Waals surface area contributed by atoms with Gasteiger partial charge in [0.2, 0.25) is 5.91 Å². The fourth-order valence-electron chi connectivity index (χ4n) is 5.04. The van der Waals surface area contributed by atoms with Gasteiger partial charge < -0.3 is 10.1 Å². The Balaban J connectivity index is 1.27. The number of amides is 1. The normalized spacial score (nSPS) is 23.8. The Kier molecular flexibility index (Phi) is 5.35. The summed E-state index contributed by atoms with van der Waals surface area (Å²) in [7, 11) is 0. The highest BCUT2D eigenvalue weighted by Gasteiger charge is 2.43. The molecule has 1 atom stereocenters. The first-order chi connectivity index (χ1) is 14.2. The SMILES string of the molecule is O=C(CC1CC2(CCN(Cc3cccs3)CC2)Oc2ccccc21)NC1CCC1. The highest BCUT2D eigenvalue weighted by Crippen LogP contribution is 2.46. The van der Waals surface area contributed by atoms with Gasteiger partial charge >= 0.3 is 0 Å². The summed E-state index contributed by atoms with van der Waals surface area (Å²) in [4.78, 5) is 16.6. The number of benzene rings is 1. The lowest BCUT2D eigenvalue weighted by atomic mass is 9.76. The van der Waals surface area contributed by atoms with Crippen molar-refractivity contribution in [1.82, 2.24) is 10.2 Å². The zero-order valence-corrected chi connectivity index (χ0v) is 17.8. The van der Waals surface area contributed by atoms with E-state index in [0.29, 0.717) is 12.5 Å². The minimum atomic E-state index is -0.123. The molecule has 154 valence electrons. The van der Waals surface area contributed by atoms with Gasteiger partial charge in [0.05, 0.1) is 0 Å². The number of ether oxygens (including phenoxy) is 1. The monoisotopic (exact) mass is 410 g/mol. The standard InChI is InChI=1S/C24H30N2O2S/c27-23(25-19-5-3-6-19)15-18-16-24(28-22-9-2-1-8-21(18)22)10-12-26(13-11-24)17-20-7-4-14-29-20/h1-2,4,7-9,14,18-19H,3,5-6,10-13,15-17H2,(H,25,27). The zero-order valence-electron chi connectivity index (χ0n) is 16.9. The molecular weight excluding hydrogens is 380 g/mol. The molecule has 1 aromatic carbocycles. The van der Waals surface area contributed by atoms with Crippen LogP contribution in [-0.2, 0) is 11.3 Å². The lowest BCUT2D eigenvalue weighted by Gasteiger charge is -2.47. The fourth-order valence-corrected chi connectivity index (χ4v) is 5.78. The van der Waals surface area contributed by atoms with Gasteiger partial charge in [0.1, 0.15) is 11.4 Å². The number of rotatable bonds is 5. The molecule has 2 fully saturated rings. The number of hydrogen-bond donors (Lipinski definition) is 1. The third kappa shape index (κ3) is 4.22. The van der Waals surface area contributed by atoms with Crippen LogP contribution in [0.3, 0.4) is 0 Å². The van der Waals surface area contributed by atoms with E-state index in [1.807, 2.05) is 11.3 Å². The number of para-hydroxylation sites is 1. The van der Waals surface area contributed by atoms with E-state index in [2.05, 4.69) is 52.0 Å². The second-order valence-electron chi connectivity index (χ2n) is 8.98. The largest absolute Gasteiger partial charge is 0.487 e. The molecule has 5 rings (SSSR count). The lowest BCUT2D eigenvalue weighted by molar-refractivity contribution is -0.123. The molecule has 5 heteroatoms. The van der Waals surface area contributed by atoms with Gasteiger partial charge in [0, 0.05) is 42.9 Å². The van der Waals surface area contributed by atoms with Crippen LogP contribution < -0.4 is 10.1 Å². The molecule has 1 aromatic heterocycles. The van der Waals surface area contributed by atoms with Gasteiger partial charge in [0.15, 0.2) is 0 Å². The predicted octanol–water partition coefficient (Wildman–Crippen LogP) is 4.71. The van der Waals surface area contributed by atoms with Gasteiger partial charge in [-0.05, 0) is 61.6 Å². The molecule has 1 N–H and O–H groups in total. The van der Waals surface area contributed by atoms with E-state index in [0.717, 1.165) is 57.5 Å². The number of fused-ring (bicyclic) bond motifs is 1. The first kappa shape index (κ1) is 19.1. The molecule has 2 aromatic rings. The Morgan fingerprint density at radius 2 is 2.00 bits per heavy atom. The Labute approximate surface area is 177 Å². The molecule has 2 aliphatic heterocycles. The molecule has 3 aliphatic rings. The van der Waals surface area contributed by atoms with E-state index in [-0.39, 0.29) is 17.4 Å².